The standard InChI is InChI=1S/C14H11Cl2NO/c15-9-10-1-3-11(4-2-10)14(18)17-13-7-5-12(16)6-8-13/h1-8H,9H2,(H,17,18). The van der Waals surface area contributed by atoms with Crippen molar-refractivity contribution in [2.45, 2.75) is 5.88 Å². The average molecular weight is 280 g/mol. The molecular weight excluding hydrogens is 269 g/mol. The van der Waals surface area contributed by atoms with E-state index in [1.807, 2.05) is 12.1 Å². The summed E-state index contributed by atoms with van der Waals surface area (Å²) in [6.07, 6.45) is 0. The van der Waals surface area contributed by atoms with Gasteiger partial charge in [-0.3, -0.25) is 4.79 Å². The molecule has 2 aromatic carbocycles. The molecule has 0 atom stereocenters. The van der Waals surface area contributed by atoms with Crippen LogP contribution in [0.4, 0.5) is 5.69 Å². The number of nitrogens with one attached hydrogen (secondary N) is 1. The van der Waals surface area contributed by atoms with Gasteiger partial charge in [-0.1, -0.05) is 23.7 Å². The number of amides is 1. The first-order chi connectivity index (χ1) is 8.69. The van der Waals surface area contributed by atoms with Gasteiger partial charge in [0.05, 0.1) is 0 Å². The van der Waals surface area contributed by atoms with Crippen molar-refractivity contribution in [3.8, 4) is 0 Å². The molecule has 0 fully saturated rings. The number of carbonyl (C=O) groups is 1. The number of benzene rings is 2. The predicted molar refractivity (Wildman–Crippen MR) is 75.4 cm³/mol. The Balaban J connectivity index is 2.09. The Morgan fingerprint density at radius 1 is 1.00 bits per heavy atom. The van der Waals surface area contributed by atoms with Crippen LogP contribution < -0.4 is 5.32 Å². The molecule has 0 saturated heterocycles. The van der Waals surface area contributed by atoms with Crippen LogP contribution in [0.2, 0.25) is 5.02 Å². The van der Waals surface area contributed by atoms with Crippen molar-refractivity contribution in [2.75, 3.05) is 5.32 Å². The van der Waals surface area contributed by atoms with Crippen LogP contribution in [0.1, 0.15) is 15.9 Å². The molecular formula is C14H11Cl2NO. The van der Waals surface area contributed by atoms with Crippen molar-refractivity contribution in [2.24, 2.45) is 0 Å². The lowest BCUT2D eigenvalue weighted by Crippen LogP contribution is -2.11. The van der Waals surface area contributed by atoms with Gasteiger partial charge in [-0.25, -0.2) is 0 Å². The van der Waals surface area contributed by atoms with Gasteiger partial charge in [0.15, 0.2) is 0 Å². The number of halogens is 2. The number of rotatable bonds is 3. The summed E-state index contributed by atoms with van der Waals surface area (Å²) >= 11 is 11.5. The van der Waals surface area contributed by atoms with E-state index in [0.717, 1.165) is 5.56 Å². The molecule has 0 bridgehead atoms. The largest absolute Gasteiger partial charge is 0.322 e. The van der Waals surface area contributed by atoms with E-state index in [1.165, 1.54) is 0 Å². The molecule has 0 unspecified atom stereocenters. The Hall–Kier alpha value is -1.51. The van der Waals surface area contributed by atoms with E-state index >= 15 is 0 Å². The number of anilines is 1. The lowest BCUT2D eigenvalue weighted by atomic mass is 10.1. The maximum atomic E-state index is 11.9. The van der Waals surface area contributed by atoms with Crippen molar-refractivity contribution in [1.29, 1.82) is 0 Å². The van der Waals surface area contributed by atoms with Gasteiger partial charge in [0, 0.05) is 22.2 Å². The molecule has 1 N–H and O–H groups in total. The fraction of sp³-hybridized carbons (Fsp3) is 0.0714. The Labute approximate surface area is 116 Å². The summed E-state index contributed by atoms with van der Waals surface area (Å²) in [6.45, 7) is 0. The maximum absolute atomic E-state index is 11.9. The third-order valence-corrected chi connectivity index (χ3v) is 3.03. The topological polar surface area (TPSA) is 29.1 Å². The van der Waals surface area contributed by atoms with Gasteiger partial charge >= 0.3 is 0 Å². The summed E-state index contributed by atoms with van der Waals surface area (Å²) in [5.41, 5.74) is 2.30. The molecule has 0 aliphatic carbocycles. The summed E-state index contributed by atoms with van der Waals surface area (Å²) < 4.78 is 0. The number of hydrogen-bond donors (Lipinski definition) is 1. The van der Waals surface area contributed by atoms with E-state index in [2.05, 4.69) is 5.32 Å². The first kappa shape index (κ1) is 12.9. The van der Waals surface area contributed by atoms with Crippen molar-refractivity contribution in [3.05, 3.63) is 64.7 Å². The summed E-state index contributed by atoms with van der Waals surface area (Å²) in [5.74, 6) is 0.289. The Morgan fingerprint density at radius 2 is 1.61 bits per heavy atom. The highest BCUT2D eigenvalue weighted by Gasteiger charge is 2.05. The van der Waals surface area contributed by atoms with E-state index in [9.17, 15) is 4.79 Å². The van der Waals surface area contributed by atoms with Gasteiger partial charge in [-0.2, -0.15) is 0 Å². The molecule has 18 heavy (non-hydrogen) atoms. The Bertz CT molecular complexity index is 535. The minimum absolute atomic E-state index is 0.154. The van der Waals surface area contributed by atoms with Crippen LogP contribution in [0.25, 0.3) is 0 Å². The maximum Gasteiger partial charge on any atom is 0.255 e. The monoisotopic (exact) mass is 279 g/mol. The van der Waals surface area contributed by atoms with Gasteiger partial charge in [-0.15, -0.1) is 11.6 Å². The molecule has 2 aromatic rings. The molecule has 0 radical (unpaired) electrons. The summed E-state index contributed by atoms with van der Waals surface area (Å²) in [5, 5.41) is 3.43. The molecule has 0 aliphatic heterocycles. The lowest BCUT2D eigenvalue weighted by molar-refractivity contribution is 0.102. The van der Waals surface area contributed by atoms with Crippen LogP contribution in [0.5, 0.6) is 0 Å². The van der Waals surface area contributed by atoms with Gasteiger partial charge in [0.1, 0.15) is 0 Å². The van der Waals surface area contributed by atoms with Gasteiger partial charge in [0.25, 0.3) is 5.91 Å². The average Bonchev–Trinajstić information content (AvgIpc) is 2.41. The van der Waals surface area contributed by atoms with Crippen molar-refractivity contribution in [3.63, 3.8) is 0 Å². The van der Waals surface area contributed by atoms with E-state index in [1.54, 1.807) is 36.4 Å². The zero-order chi connectivity index (χ0) is 13.0. The molecule has 0 aromatic heterocycles. The molecule has 1 amide bonds. The SMILES string of the molecule is O=C(Nc1ccc(Cl)cc1)c1ccc(CCl)cc1. The third-order valence-electron chi connectivity index (χ3n) is 2.47. The molecule has 0 heterocycles. The van der Waals surface area contributed by atoms with Crippen LogP contribution in [-0.2, 0) is 5.88 Å². The quantitative estimate of drug-likeness (QED) is 0.833. The highest BCUT2D eigenvalue weighted by Crippen LogP contribution is 2.15. The van der Waals surface area contributed by atoms with E-state index in [-0.39, 0.29) is 5.91 Å². The predicted octanol–water partition coefficient (Wildman–Crippen LogP) is 4.33. The molecule has 0 spiro atoms. The third kappa shape index (κ3) is 3.25. The van der Waals surface area contributed by atoms with Crippen molar-refractivity contribution >= 4 is 34.8 Å². The Morgan fingerprint density at radius 3 is 2.17 bits per heavy atom. The first-order valence-electron chi connectivity index (χ1n) is 5.41. The first-order valence-corrected chi connectivity index (χ1v) is 6.32. The summed E-state index contributed by atoms with van der Waals surface area (Å²) in [7, 11) is 0. The van der Waals surface area contributed by atoms with Gasteiger partial charge in [0.2, 0.25) is 0 Å². The highest BCUT2D eigenvalue weighted by molar-refractivity contribution is 6.30. The molecule has 0 aliphatic rings. The lowest BCUT2D eigenvalue weighted by Gasteiger charge is -2.05. The fourth-order valence-electron chi connectivity index (χ4n) is 1.48. The zero-order valence-corrected chi connectivity index (χ0v) is 11.0. The Kier molecular flexibility index (Phi) is 4.24. The molecule has 2 nitrogen and oxygen atoms in total. The fourth-order valence-corrected chi connectivity index (χ4v) is 1.79. The number of hydrogen-bond acceptors (Lipinski definition) is 1. The number of carbonyl (C=O) groups excluding carboxylic acids is 1. The second-order valence-corrected chi connectivity index (χ2v) is 4.50. The van der Waals surface area contributed by atoms with Crippen LogP contribution in [0.3, 0.4) is 0 Å². The van der Waals surface area contributed by atoms with Crippen LogP contribution in [-0.4, -0.2) is 5.91 Å². The normalized spacial score (nSPS) is 10.1. The van der Waals surface area contributed by atoms with Crippen molar-refractivity contribution < 1.29 is 4.79 Å². The molecule has 2 rings (SSSR count). The van der Waals surface area contributed by atoms with Gasteiger partial charge < -0.3 is 5.32 Å². The smallest absolute Gasteiger partial charge is 0.255 e. The second kappa shape index (κ2) is 5.89. The summed E-state index contributed by atoms with van der Waals surface area (Å²) in [4.78, 5) is 11.9. The number of alkyl halides is 1. The van der Waals surface area contributed by atoms with E-state index < -0.39 is 0 Å². The molecule has 92 valence electrons. The van der Waals surface area contributed by atoms with E-state index in [4.69, 9.17) is 23.2 Å². The van der Waals surface area contributed by atoms with Gasteiger partial charge in [-0.05, 0) is 42.0 Å². The minimum Gasteiger partial charge on any atom is -0.322 e. The minimum atomic E-state index is -0.154. The zero-order valence-electron chi connectivity index (χ0n) is 9.49. The molecule has 4 heteroatoms. The van der Waals surface area contributed by atoms with Crippen LogP contribution in [0, 0.1) is 0 Å². The molecule has 0 saturated carbocycles. The summed E-state index contributed by atoms with van der Waals surface area (Å²) in [6, 6.07) is 14.2. The van der Waals surface area contributed by atoms with Crippen molar-refractivity contribution in [1.82, 2.24) is 0 Å². The second-order valence-electron chi connectivity index (χ2n) is 3.79. The van der Waals surface area contributed by atoms with Crippen LogP contribution in [0.15, 0.2) is 48.5 Å². The van der Waals surface area contributed by atoms with Crippen LogP contribution >= 0.6 is 23.2 Å². The highest BCUT2D eigenvalue weighted by atomic mass is 35.5. The van der Waals surface area contributed by atoms with E-state index in [0.29, 0.717) is 22.2 Å².